The summed E-state index contributed by atoms with van der Waals surface area (Å²) in [4.78, 5) is 23.0. The van der Waals surface area contributed by atoms with Gasteiger partial charge in [0.15, 0.2) is 0 Å². The number of allylic oxidation sites excluding steroid dienone is 2. The first-order valence-electron chi connectivity index (χ1n) is 12.4. The van der Waals surface area contributed by atoms with Gasteiger partial charge in [0.25, 0.3) is 0 Å². The molecule has 0 aromatic carbocycles. The van der Waals surface area contributed by atoms with Gasteiger partial charge in [0.05, 0.1) is 6.61 Å². The quantitative estimate of drug-likeness (QED) is 0.261. The summed E-state index contributed by atoms with van der Waals surface area (Å²) in [5.74, 6) is 0.434. The topological polar surface area (TPSA) is 43.4 Å². The minimum atomic E-state index is -4.91. The zero-order valence-corrected chi connectivity index (χ0v) is 19.7. The van der Waals surface area contributed by atoms with Crippen LogP contribution in [0.4, 0.5) is 13.2 Å². The minimum Gasteiger partial charge on any atom is -0.459 e. The molecule has 4 rings (SSSR count). The van der Waals surface area contributed by atoms with E-state index in [1.807, 2.05) is 0 Å². The molecule has 0 radical (unpaired) electrons. The van der Waals surface area contributed by atoms with Gasteiger partial charge in [-0.15, -0.1) is 0 Å². The minimum absolute atomic E-state index is 0.166. The third-order valence-electron chi connectivity index (χ3n) is 9.84. The van der Waals surface area contributed by atoms with Crippen molar-refractivity contribution >= 4 is 11.8 Å². The van der Waals surface area contributed by atoms with Crippen LogP contribution >= 0.6 is 0 Å². The van der Waals surface area contributed by atoms with Crippen LogP contribution in [0.25, 0.3) is 0 Å². The van der Waals surface area contributed by atoms with E-state index in [0.717, 1.165) is 51.4 Å². The molecule has 0 amide bonds. The number of esters is 1. The van der Waals surface area contributed by atoms with Gasteiger partial charge in [-0.1, -0.05) is 31.9 Å². The lowest BCUT2D eigenvalue weighted by Crippen LogP contribution is -2.47. The molecule has 4 aliphatic carbocycles. The average Bonchev–Trinajstić information content (AvgIpc) is 3.08. The molecule has 3 saturated carbocycles. The van der Waals surface area contributed by atoms with Crippen molar-refractivity contribution in [2.75, 3.05) is 6.61 Å². The molecule has 3 nitrogen and oxygen atoms in total. The highest BCUT2D eigenvalue weighted by molar-refractivity contribution is 5.79. The Hall–Kier alpha value is -1.33. The summed E-state index contributed by atoms with van der Waals surface area (Å²) in [6, 6.07) is 0. The van der Waals surface area contributed by atoms with Gasteiger partial charge < -0.3 is 4.74 Å². The summed E-state index contributed by atoms with van der Waals surface area (Å²) < 4.78 is 41.3. The van der Waals surface area contributed by atoms with E-state index in [4.69, 9.17) is 0 Å². The van der Waals surface area contributed by atoms with Crippen LogP contribution in [0.3, 0.4) is 0 Å². The monoisotopic (exact) mass is 454 g/mol. The molecule has 32 heavy (non-hydrogen) atoms. The van der Waals surface area contributed by atoms with Crippen LogP contribution in [0.2, 0.25) is 0 Å². The van der Waals surface area contributed by atoms with Crippen molar-refractivity contribution < 1.29 is 27.5 Å². The maximum Gasteiger partial charge on any atom is 0.490 e. The van der Waals surface area contributed by atoms with Gasteiger partial charge in [-0.05, 0) is 92.3 Å². The Morgan fingerprint density at radius 2 is 1.88 bits per heavy atom. The van der Waals surface area contributed by atoms with E-state index in [9.17, 15) is 22.8 Å². The Morgan fingerprint density at radius 1 is 1.12 bits per heavy atom. The number of hydrogen-bond acceptors (Lipinski definition) is 3. The second-order valence-electron chi connectivity index (χ2n) is 11.4. The number of rotatable bonds is 5. The highest BCUT2D eigenvalue weighted by Crippen LogP contribution is 2.65. The second kappa shape index (κ2) is 8.47. The fourth-order valence-electron chi connectivity index (χ4n) is 8.08. The highest BCUT2D eigenvalue weighted by atomic mass is 19.4. The van der Waals surface area contributed by atoms with Crippen molar-refractivity contribution in [3.8, 4) is 0 Å². The van der Waals surface area contributed by atoms with Crippen molar-refractivity contribution in [2.24, 2.45) is 34.5 Å². The van der Waals surface area contributed by atoms with E-state index in [2.05, 4.69) is 25.5 Å². The van der Waals surface area contributed by atoms with Gasteiger partial charge in [-0.25, -0.2) is 4.79 Å². The van der Waals surface area contributed by atoms with Crippen LogP contribution in [0, 0.1) is 34.5 Å². The summed E-state index contributed by atoms with van der Waals surface area (Å²) in [6.07, 6.45) is 5.80. The summed E-state index contributed by atoms with van der Waals surface area (Å²) in [5, 5.41) is 0. The van der Waals surface area contributed by atoms with Crippen molar-refractivity contribution in [2.45, 2.75) is 97.6 Å². The lowest BCUT2D eigenvalue weighted by Gasteiger charge is -2.56. The summed E-state index contributed by atoms with van der Waals surface area (Å²) >= 11 is 0. The van der Waals surface area contributed by atoms with E-state index in [-0.39, 0.29) is 17.4 Å². The van der Waals surface area contributed by atoms with Crippen molar-refractivity contribution in [1.29, 1.82) is 0 Å². The second-order valence-corrected chi connectivity index (χ2v) is 11.4. The van der Waals surface area contributed by atoms with Crippen LogP contribution in [-0.4, -0.2) is 24.5 Å². The third-order valence-corrected chi connectivity index (χ3v) is 9.84. The average molecular weight is 455 g/mol. The van der Waals surface area contributed by atoms with Crippen LogP contribution < -0.4 is 0 Å². The molecule has 0 bridgehead atoms. The Balaban J connectivity index is 1.42. The Labute approximate surface area is 189 Å². The smallest absolute Gasteiger partial charge is 0.459 e. The zero-order chi connectivity index (χ0) is 23.3. The largest absolute Gasteiger partial charge is 0.490 e. The molecule has 4 aliphatic rings. The maximum absolute atomic E-state index is 12.3. The first-order chi connectivity index (χ1) is 15.0. The molecule has 0 aromatic rings. The Morgan fingerprint density at radius 3 is 2.59 bits per heavy atom. The first-order valence-corrected chi connectivity index (χ1v) is 12.4. The van der Waals surface area contributed by atoms with E-state index in [1.54, 1.807) is 11.1 Å². The summed E-state index contributed by atoms with van der Waals surface area (Å²) in [6.45, 7) is 6.91. The van der Waals surface area contributed by atoms with Gasteiger partial charge in [0.2, 0.25) is 0 Å². The number of ketones is 1. The molecular formula is C26H37F3O3. The molecule has 0 saturated heterocycles. The molecule has 0 aliphatic heterocycles. The predicted octanol–water partition coefficient (Wildman–Crippen LogP) is 6.80. The third kappa shape index (κ3) is 4.04. The summed E-state index contributed by atoms with van der Waals surface area (Å²) in [5.41, 5.74) is 3.81. The van der Waals surface area contributed by atoms with Crippen LogP contribution in [0.5, 0.6) is 0 Å². The fraction of sp³-hybridized carbons (Fsp3) is 0.846. The SMILES string of the molecule is C[C@H](CCCOC(=O)C(F)(F)F)[C@H]1CCC2=C3CCC4CC(=O)CC[C@]4(C)[C@H]3CC[C@@]21C. The van der Waals surface area contributed by atoms with Gasteiger partial charge in [0, 0.05) is 12.8 Å². The Bertz CT molecular complexity index is 801. The normalized spacial score (nSPS) is 38.1. The number of fused-ring (bicyclic) bond motifs is 4. The lowest BCUT2D eigenvalue weighted by molar-refractivity contribution is -0.199. The van der Waals surface area contributed by atoms with Gasteiger partial charge in [0.1, 0.15) is 5.78 Å². The first kappa shape index (κ1) is 23.8. The molecule has 0 aromatic heterocycles. The van der Waals surface area contributed by atoms with Gasteiger partial charge in [-0.3, -0.25) is 4.79 Å². The maximum atomic E-state index is 12.3. The van der Waals surface area contributed by atoms with Gasteiger partial charge >= 0.3 is 12.1 Å². The molecule has 0 N–H and O–H groups in total. The number of halogens is 3. The van der Waals surface area contributed by atoms with E-state index < -0.39 is 12.1 Å². The van der Waals surface area contributed by atoms with Crippen LogP contribution in [0.15, 0.2) is 11.1 Å². The molecule has 6 atom stereocenters. The van der Waals surface area contributed by atoms with E-state index >= 15 is 0 Å². The van der Waals surface area contributed by atoms with Crippen molar-refractivity contribution in [3.63, 3.8) is 0 Å². The molecule has 0 heterocycles. The van der Waals surface area contributed by atoms with Crippen LogP contribution in [0.1, 0.15) is 91.4 Å². The Kier molecular flexibility index (Phi) is 6.30. The molecular weight excluding hydrogens is 417 g/mol. The van der Waals surface area contributed by atoms with Crippen LogP contribution in [-0.2, 0) is 14.3 Å². The number of ether oxygens (including phenoxy) is 1. The fourth-order valence-corrected chi connectivity index (χ4v) is 8.08. The molecule has 1 unspecified atom stereocenters. The number of carbonyl (C=O) groups is 2. The van der Waals surface area contributed by atoms with E-state index in [1.165, 1.54) is 12.8 Å². The predicted molar refractivity (Wildman–Crippen MR) is 116 cm³/mol. The number of alkyl halides is 3. The van der Waals surface area contributed by atoms with Crippen molar-refractivity contribution in [1.82, 2.24) is 0 Å². The molecule has 180 valence electrons. The zero-order valence-electron chi connectivity index (χ0n) is 19.7. The molecule has 3 fully saturated rings. The highest BCUT2D eigenvalue weighted by Gasteiger charge is 2.55. The standard InChI is InChI=1S/C26H37F3O3/c1-16(5-4-14-32-23(31)26(27,28)29)20-8-9-21-19-7-6-17-15-18(30)10-12-24(17,2)22(19)11-13-25(20,21)3/h16-17,20,22H,4-15H2,1-3H3/t16-,17?,20-,22+,24+,25-/m1/s1. The molecule has 0 spiro atoms. The van der Waals surface area contributed by atoms with E-state index in [0.29, 0.717) is 35.9 Å². The van der Waals surface area contributed by atoms with Gasteiger partial charge in [-0.2, -0.15) is 13.2 Å². The number of carbonyl (C=O) groups excluding carboxylic acids is 2. The number of Topliss-reactive ketones (excluding diaryl/α,β-unsaturated/α-hetero) is 1. The number of hydrogen-bond donors (Lipinski definition) is 0. The lowest BCUT2D eigenvalue weighted by atomic mass is 9.49. The van der Waals surface area contributed by atoms with Crippen molar-refractivity contribution in [3.05, 3.63) is 11.1 Å². The molecule has 6 heteroatoms. The summed E-state index contributed by atoms with van der Waals surface area (Å²) in [7, 11) is 0.